The van der Waals surface area contributed by atoms with Crippen LogP contribution in [0.2, 0.25) is 0 Å². The predicted octanol–water partition coefficient (Wildman–Crippen LogP) is 3.54. The first-order valence-electron chi connectivity index (χ1n) is 13.4. The number of aliphatic carboxylic acids is 1. The summed E-state index contributed by atoms with van der Waals surface area (Å²) < 4.78 is 20.5. The van der Waals surface area contributed by atoms with E-state index in [0.717, 1.165) is 49.3 Å². The Balaban J connectivity index is 1.15. The second-order valence-electron chi connectivity index (χ2n) is 9.87. The summed E-state index contributed by atoms with van der Waals surface area (Å²) in [4.78, 5) is 38.6. The summed E-state index contributed by atoms with van der Waals surface area (Å²) in [5, 5.41) is 17.9. The molecule has 0 radical (unpaired) electrons. The molecule has 2 aliphatic heterocycles. The summed E-state index contributed by atoms with van der Waals surface area (Å²) in [6, 6.07) is 11.9. The number of anilines is 3. The number of pyridine rings is 1. The molecule has 1 fully saturated rings. The molecule has 0 aliphatic carbocycles. The second-order valence-corrected chi connectivity index (χ2v) is 9.87. The molecule has 4 N–H and O–H groups in total. The SMILES string of the molecule is O=C(NC(CNc1ncnc(N2CCC(c3ccc4c(n3)NCCC4)CC2)c1F)C(=O)O)OCc1ccccc1. The van der Waals surface area contributed by atoms with Crippen molar-refractivity contribution in [3.63, 3.8) is 0 Å². The molecule has 0 saturated carbocycles. The number of alkyl carbamates (subject to hydrolysis) is 1. The van der Waals surface area contributed by atoms with Gasteiger partial charge in [0.25, 0.3) is 0 Å². The minimum Gasteiger partial charge on any atom is -0.480 e. The number of rotatable bonds is 9. The van der Waals surface area contributed by atoms with Crippen molar-refractivity contribution >= 4 is 29.5 Å². The molecule has 2 aliphatic rings. The van der Waals surface area contributed by atoms with E-state index in [4.69, 9.17) is 9.72 Å². The number of piperidine rings is 1. The number of aryl methyl sites for hydroxylation is 1. The van der Waals surface area contributed by atoms with Gasteiger partial charge in [0.1, 0.15) is 24.8 Å². The number of halogens is 1. The van der Waals surface area contributed by atoms with Gasteiger partial charge in [-0.25, -0.2) is 24.5 Å². The molecular formula is C28H32FN7O4. The van der Waals surface area contributed by atoms with Gasteiger partial charge in [-0.2, -0.15) is 4.39 Å². The van der Waals surface area contributed by atoms with Crippen molar-refractivity contribution in [1.82, 2.24) is 20.3 Å². The van der Waals surface area contributed by atoms with Crippen molar-refractivity contribution in [2.24, 2.45) is 0 Å². The smallest absolute Gasteiger partial charge is 0.408 e. The molecule has 12 heteroatoms. The monoisotopic (exact) mass is 549 g/mol. The topological polar surface area (TPSA) is 142 Å². The third-order valence-electron chi connectivity index (χ3n) is 7.18. The van der Waals surface area contributed by atoms with Crippen LogP contribution in [0.5, 0.6) is 0 Å². The van der Waals surface area contributed by atoms with Crippen molar-refractivity contribution in [2.75, 3.05) is 41.7 Å². The van der Waals surface area contributed by atoms with Crippen LogP contribution in [0.1, 0.15) is 42.0 Å². The highest BCUT2D eigenvalue weighted by Gasteiger charge is 2.27. The average Bonchev–Trinajstić information content (AvgIpc) is 2.99. The summed E-state index contributed by atoms with van der Waals surface area (Å²) >= 11 is 0. The van der Waals surface area contributed by atoms with Crippen molar-refractivity contribution < 1.29 is 23.8 Å². The summed E-state index contributed by atoms with van der Waals surface area (Å²) in [7, 11) is 0. The zero-order valence-electron chi connectivity index (χ0n) is 22.0. The standard InChI is InChI=1S/C28H32FN7O4/c29-23-25(31-15-22(27(37)38)35-28(39)40-16-18-5-2-1-3-6-18)32-17-33-26(23)36-13-10-19(11-14-36)21-9-8-20-7-4-12-30-24(20)34-21/h1-3,5-6,8-9,17,19,22H,4,7,10-16H2,(H,30,34)(H,35,39)(H,37,38)(H,31,32,33). The van der Waals surface area contributed by atoms with Gasteiger partial charge in [0.15, 0.2) is 11.6 Å². The fourth-order valence-corrected chi connectivity index (χ4v) is 4.97. The Morgan fingerprint density at radius 2 is 1.95 bits per heavy atom. The largest absolute Gasteiger partial charge is 0.480 e. The van der Waals surface area contributed by atoms with Gasteiger partial charge in [-0.05, 0) is 42.9 Å². The first-order chi connectivity index (χ1) is 19.5. The number of hydrogen-bond donors (Lipinski definition) is 4. The molecule has 1 saturated heterocycles. The number of hydrogen-bond acceptors (Lipinski definition) is 9. The Bertz CT molecular complexity index is 1340. The normalized spacial score (nSPS) is 15.9. The molecule has 4 heterocycles. The van der Waals surface area contributed by atoms with Crippen LogP contribution in [-0.2, 0) is 22.6 Å². The molecule has 5 rings (SSSR count). The molecule has 1 atom stereocenters. The third kappa shape index (κ3) is 6.56. The summed E-state index contributed by atoms with van der Waals surface area (Å²) in [6.45, 7) is 1.82. The molecule has 0 spiro atoms. The number of aromatic nitrogens is 3. The summed E-state index contributed by atoms with van der Waals surface area (Å²) in [5.41, 5.74) is 3.06. The van der Waals surface area contributed by atoms with E-state index >= 15 is 4.39 Å². The third-order valence-corrected chi connectivity index (χ3v) is 7.18. The molecule has 1 amide bonds. The van der Waals surface area contributed by atoms with Crippen LogP contribution in [0.15, 0.2) is 48.8 Å². The van der Waals surface area contributed by atoms with Gasteiger partial charge in [0.05, 0.1) is 0 Å². The number of carboxylic acid groups (broad SMARTS) is 1. The molecule has 11 nitrogen and oxygen atoms in total. The number of benzene rings is 1. The number of nitrogens with one attached hydrogen (secondary N) is 3. The molecular weight excluding hydrogens is 517 g/mol. The Hall–Kier alpha value is -4.48. The van der Waals surface area contributed by atoms with Crippen LogP contribution >= 0.6 is 0 Å². The van der Waals surface area contributed by atoms with Crippen LogP contribution in [0.25, 0.3) is 0 Å². The summed E-state index contributed by atoms with van der Waals surface area (Å²) in [6.07, 6.45) is 4.10. The van der Waals surface area contributed by atoms with E-state index in [1.165, 1.54) is 11.9 Å². The van der Waals surface area contributed by atoms with E-state index in [-0.39, 0.29) is 30.7 Å². The van der Waals surface area contributed by atoms with Gasteiger partial charge in [-0.1, -0.05) is 36.4 Å². The fourth-order valence-electron chi connectivity index (χ4n) is 4.97. The second kappa shape index (κ2) is 12.6. The van der Waals surface area contributed by atoms with Gasteiger partial charge in [0, 0.05) is 37.8 Å². The number of amides is 1. The number of carboxylic acids is 1. The van der Waals surface area contributed by atoms with Crippen LogP contribution in [0.4, 0.5) is 26.6 Å². The molecule has 1 aromatic carbocycles. The van der Waals surface area contributed by atoms with Crippen LogP contribution in [0, 0.1) is 5.82 Å². The van der Waals surface area contributed by atoms with Crippen molar-refractivity contribution in [3.05, 3.63) is 71.4 Å². The molecule has 1 unspecified atom stereocenters. The molecule has 3 aromatic rings. The maximum atomic E-state index is 15.4. The summed E-state index contributed by atoms with van der Waals surface area (Å²) in [5.74, 6) is -0.711. The predicted molar refractivity (Wildman–Crippen MR) is 147 cm³/mol. The number of carbonyl (C=O) groups is 2. The van der Waals surface area contributed by atoms with Crippen molar-refractivity contribution in [2.45, 2.75) is 44.2 Å². The maximum absolute atomic E-state index is 15.4. The van der Waals surface area contributed by atoms with E-state index in [2.05, 4.69) is 38.1 Å². The lowest BCUT2D eigenvalue weighted by molar-refractivity contribution is -0.139. The Morgan fingerprint density at radius 3 is 2.73 bits per heavy atom. The minimum absolute atomic E-state index is 0.00749. The van der Waals surface area contributed by atoms with Crippen molar-refractivity contribution in [3.8, 4) is 0 Å². The van der Waals surface area contributed by atoms with Gasteiger partial charge in [-0.15, -0.1) is 0 Å². The lowest BCUT2D eigenvalue weighted by Crippen LogP contribution is -2.45. The Morgan fingerprint density at radius 1 is 1.15 bits per heavy atom. The molecule has 2 aromatic heterocycles. The van der Waals surface area contributed by atoms with Gasteiger partial charge < -0.3 is 30.7 Å². The van der Waals surface area contributed by atoms with E-state index in [1.807, 2.05) is 11.0 Å². The first-order valence-corrected chi connectivity index (χ1v) is 13.4. The molecule has 210 valence electrons. The Kier molecular flexibility index (Phi) is 8.53. The van der Waals surface area contributed by atoms with E-state index in [1.54, 1.807) is 24.3 Å². The number of fused-ring (bicyclic) bond motifs is 1. The van der Waals surface area contributed by atoms with Crippen molar-refractivity contribution in [1.29, 1.82) is 0 Å². The highest BCUT2D eigenvalue weighted by Crippen LogP contribution is 2.32. The van der Waals surface area contributed by atoms with Crippen LogP contribution < -0.4 is 20.9 Å². The fraction of sp³-hybridized carbons (Fsp3) is 0.393. The first kappa shape index (κ1) is 27.1. The number of ether oxygens (including phenoxy) is 1. The zero-order chi connectivity index (χ0) is 27.9. The van der Waals surface area contributed by atoms with Crippen LogP contribution in [0.3, 0.4) is 0 Å². The van der Waals surface area contributed by atoms with Crippen LogP contribution in [-0.4, -0.2) is 64.3 Å². The van der Waals surface area contributed by atoms with Gasteiger partial charge in [0.2, 0.25) is 5.82 Å². The lowest BCUT2D eigenvalue weighted by Gasteiger charge is -2.33. The average molecular weight is 550 g/mol. The zero-order valence-corrected chi connectivity index (χ0v) is 22.0. The van der Waals surface area contributed by atoms with E-state index in [9.17, 15) is 14.7 Å². The van der Waals surface area contributed by atoms with E-state index < -0.39 is 23.9 Å². The lowest BCUT2D eigenvalue weighted by atomic mass is 9.92. The molecule has 0 bridgehead atoms. The Labute approximate surface area is 231 Å². The van der Waals surface area contributed by atoms with Gasteiger partial charge in [-0.3, -0.25) is 0 Å². The van der Waals surface area contributed by atoms with Gasteiger partial charge >= 0.3 is 12.1 Å². The quantitative estimate of drug-likeness (QED) is 0.313. The maximum Gasteiger partial charge on any atom is 0.408 e. The number of carbonyl (C=O) groups excluding carboxylic acids is 1. The highest BCUT2D eigenvalue weighted by atomic mass is 19.1. The van der Waals surface area contributed by atoms with E-state index in [0.29, 0.717) is 13.1 Å². The minimum atomic E-state index is -1.37. The molecule has 40 heavy (non-hydrogen) atoms. The highest BCUT2D eigenvalue weighted by molar-refractivity contribution is 5.80. The number of nitrogens with zero attached hydrogens (tertiary/aromatic N) is 4.